The fourth-order valence-corrected chi connectivity index (χ4v) is 1.69. The molecule has 2 rings (SSSR count). The van der Waals surface area contributed by atoms with Crippen LogP contribution in [0.3, 0.4) is 0 Å². The van der Waals surface area contributed by atoms with Gasteiger partial charge in [-0.15, -0.1) is 0 Å². The molecule has 2 aromatic rings. The average Bonchev–Trinajstić information content (AvgIpc) is 2.39. The van der Waals surface area contributed by atoms with Crippen LogP contribution in [0, 0.1) is 11.3 Å². The predicted molar refractivity (Wildman–Crippen MR) is 68.5 cm³/mol. The van der Waals surface area contributed by atoms with Gasteiger partial charge in [0.25, 0.3) is 0 Å². The second-order valence-electron chi connectivity index (χ2n) is 4.32. The first-order valence-corrected chi connectivity index (χ1v) is 5.67. The topological polar surface area (TPSA) is 36.7 Å². The van der Waals surface area contributed by atoms with Crippen molar-refractivity contribution in [3.05, 3.63) is 53.7 Å². The van der Waals surface area contributed by atoms with Gasteiger partial charge in [-0.25, -0.2) is 0 Å². The van der Waals surface area contributed by atoms with Crippen molar-refractivity contribution >= 4 is 0 Å². The standard InChI is InChI=1S/C15H14N2/c1-11(2)13-4-3-5-14(8-13)15-7-6-12(9-16)10-17-15/h3-8,10-11H,1-2H3. The van der Waals surface area contributed by atoms with Gasteiger partial charge in [0.05, 0.1) is 11.3 Å². The summed E-state index contributed by atoms with van der Waals surface area (Å²) in [6.07, 6.45) is 1.61. The number of rotatable bonds is 2. The van der Waals surface area contributed by atoms with Gasteiger partial charge in [0.1, 0.15) is 6.07 Å². The normalized spacial score (nSPS) is 10.2. The van der Waals surface area contributed by atoms with Crippen LogP contribution >= 0.6 is 0 Å². The van der Waals surface area contributed by atoms with E-state index in [1.54, 1.807) is 12.3 Å². The van der Waals surface area contributed by atoms with Gasteiger partial charge in [0.2, 0.25) is 0 Å². The second kappa shape index (κ2) is 4.80. The van der Waals surface area contributed by atoms with Gasteiger partial charge in [-0.2, -0.15) is 5.26 Å². The van der Waals surface area contributed by atoms with Gasteiger partial charge in [-0.05, 0) is 29.7 Å². The Labute approximate surface area is 102 Å². The summed E-state index contributed by atoms with van der Waals surface area (Å²) in [6.45, 7) is 4.34. The van der Waals surface area contributed by atoms with E-state index < -0.39 is 0 Å². The lowest BCUT2D eigenvalue weighted by Crippen LogP contribution is -1.89. The van der Waals surface area contributed by atoms with Crippen molar-refractivity contribution in [3.63, 3.8) is 0 Å². The number of nitrogens with zero attached hydrogens (tertiary/aromatic N) is 2. The molecule has 2 heteroatoms. The van der Waals surface area contributed by atoms with Crippen molar-refractivity contribution < 1.29 is 0 Å². The molecule has 2 nitrogen and oxygen atoms in total. The molecule has 84 valence electrons. The van der Waals surface area contributed by atoms with E-state index >= 15 is 0 Å². The lowest BCUT2D eigenvalue weighted by molar-refractivity contribution is 0.867. The Bertz CT molecular complexity index is 548. The first-order chi connectivity index (χ1) is 8.20. The molecule has 0 N–H and O–H groups in total. The summed E-state index contributed by atoms with van der Waals surface area (Å²) in [7, 11) is 0. The Morgan fingerprint density at radius 2 is 2.00 bits per heavy atom. The van der Waals surface area contributed by atoms with Crippen LogP contribution in [0.2, 0.25) is 0 Å². The summed E-state index contributed by atoms with van der Waals surface area (Å²) in [5.41, 5.74) is 3.90. The Morgan fingerprint density at radius 1 is 1.18 bits per heavy atom. The second-order valence-corrected chi connectivity index (χ2v) is 4.32. The van der Waals surface area contributed by atoms with E-state index in [-0.39, 0.29) is 0 Å². The van der Waals surface area contributed by atoms with Gasteiger partial charge in [0.15, 0.2) is 0 Å². The van der Waals surface area contributed by atoms with Gasteiger partial charge >= 0.3 is 0 Å². The van der Waals surface area contributed by atoms with E-state index in [0.717, 1.165) is 11.3 Å². The largest absolute Gasteiger partial charge is 0.255 e. The van der Waals surface area contributed by atoms with Gasteiger partial charge < -0.3 is 0 Å². The highest BCUT2D eigenvalue weighted by Gasteiger charge is 2.03. The molecule has 17 heavy (non-hydrogen) atoms. The fourth-order valence-electron chi connectivity index (χ4n) is 1.69. The quantitative estimate of drug-likeness (QED) is 0.776. The van der Waals surface area contributed by atoms with Crippen LogP contribution in [0.4, 0.5) is 0 Å². The number of aromatic nitrogens is 1. The van der Waals surface area contributed by atoms with Crippen molar-refractivity contribution in [2.45, 2.75) is 19.8 Å². The van der Waals surface area contributed by atoms with Gasteiger partial charge in [-0.3, -0.25) is 4.98 Å². The van der Waals surface area contributed by atoms with E-state index in [9.17, 15) is 0 Å². The molecule has 0 unspecified atom stereocenters. The minimum absolute atomic E-state index is 0.508. The summed E-state index contributed by atoms with van der Waals surface area (Å²) < 4.78 is 0. The average molecular weight is 222 g/mol. The van der Waals surface area contributed by atoms with E-state index in [1.165, 1.54) is 5.56 Å². The highest BCUT2D eigenvalue weighted by molar-refractivity contribution is 5.60. The maximum Gasteiger partial charge on any atom is 0.101 e. The molecular weight excluding hydrogens is 208 g/mol. The zero-order valence-electron chi connectivity index (χ0n) is 10.0. The Kier molecular flexibility index (Phi) is 3.20. The molecule has 0 spiro atoms. The molecule has 0 saturated heterocycles. The lowest BCUT2D eigenvalue weighted by Gasteiger charge is -2.07. The van der Waals surface area contributed by atoms with Crippen molar-refractivity contribution in [2.24, 2.45) is 0 Å². The van der Waals surface area contributed by atoms with E-state index in [2.05, 4.69) is 37.0 Å². The van der Waals surface area contributed by atoms with Crippen LogP contribution in [-0.2, 0) is 0 Å². The molecule has 0 amide bonds. The maximum absolute atomic E-state index is 8.73. The predicted octanol–water partition coefficient (Wildman–Crippen LogP) is 3.74. The number of benzene rings is 1. The number of hydrogen-bond acceptors (Lipinski definition) is 2. The highest BCUT2D eigenvalue weighted by Crippen LogP contribution is 2.22. The molecule has 0 aliphatic carbocycles. The molecular formula is C15H14N2. The zero-order chi connectivity index (χ0) is 12.3. The monoisotopic (exact) mass is 222 g/mol. The van der Waals surface area contributed by atoms with Crippen molar-refractivity contribution in [1.29, 1.82) is 5.26 Å². The van der Waals surface area contributed by atoms with E-state index in [0.29, 0.717) is 11.5 Å². The molecule has 0 fully saturated rings. The first kappa shape index (κ1) is 11.3. The third-order valence-electron chi connectivity index (χ3n) is 2.74. The minimum atomic E-state index is 0.508. The van der Waals surface area contributed by atoms with Crippen LogP contribution in [-0.4, -0.2) is 4.98 Å². The van der Waals surface area contributed by atoms with Gasteiger partial charge in [0, 0.05) is 11.8 Å². The summed E-state index contributed by atoms with van der Waals surface area (Å²) in [5, 5.41) is 8.73. The van der Waals surface area contributed by atoms with Crippen molar-refractivity contribution in [1.82, 2.24) is 4.98 Å². The summed E-state index contributed by atoms with van der Waals surface area (Å²) >= 11 is 0. The van der Waals surface area contributed by atoms with E-state index in [1.807, 2.05) is 18.2 Å². The molecule has 0 aliphatic rings. The van der Waals surface area contributed by atoms with Crippen molar-refractivity contribution in [2.75, 3.05) is 0 Å². The highest BCUT2D eigenvalue weighted by atomic mass is 14.7. The zero-order valence-corrected chi connectivity index (χ0v) is 10.0. The SMILES string of the molecule is CC(C)c1cccc(-c2ccc(C#N)cn2)c1. The lowest BCUT2D eigenvalue weighted by atomic mass is 9.99. The minimum Gasteiger partial charge on any atom is -0.255 e. The Morgan fingerprint density at radius 3 is 2.59 bits per heavy atom. The first-order valence-electron chi connectivity index (χ1n) is 5.67. The molecule has 1 aromatic carbocycles. The molecule has 0 bridgehead atoms. The van der Waals surface area contributed by atoms with Crippen LogP contribution in [0.5, 0.6) is 0 Å². The summed E-state index contributed by atoms with van der Waals surface area (Å²) in [6, 6.07) is 14.1. The number of pyridine rings is 1. The van der Waals surface area contributed by atoms with Crippen LogP contribution in [0.15, 0.2) is 42.6 Å². The third-order valence-corrected chi connectivity index (χ3v) is 2.74. The van der Waals surface area contributed by atoms with Crippen LogP contribution in [0.25, 0.3) is 11.3 Å². The Hall–Kier alpha value is -2.14. The van der Waals surface area contributed by atoms with Crippen LogP contribution < -0.4 is 0 Å². The number of nitriles is 1. The van der Waals surface area contributed by atoms with Crippen molar-refractivity contribution in [3.8, 4) is 17.3 Å². The maximum atomic E-state index is 8.73. The third kappa shape index (κ3) is 2.51. The number of hydrogen-bond donors (Lipinski definition) is 0. The van der Waals surface area contributed by atoms with Crippen LogP contribution in [0.1, 0.15) is 30.9 Å². The summed E-state index contributed by atoms with van der Waals surface area (Å²) in [5.74, 6) is 0.508. The van der Waals surface area contributed by atoms with Gasteiger partial charge in [-0.1, -0.05) is 32.0 Å². The Balaban J connectivity index is 2.39. The molecule has 1 heterocycles. The molecule has 0 aliphatic heterocycles. The molecule has 1 aromatic heterocycles. The molecule has 0 saturated carbocycles. The van der Waals surface area contributed by atoms with E-state index in [4.69, 9.17) is 5.26 Å². The fraction of sp³-hybridized carbons (Fsp3) is 0.200. The molecule has 0 atom stereocenters. The molecule has 0 radical (unpaired) electrons. The smallest absolute Gasteiger partial charge is 0.101 e. The summed E-state index contributed by atoms with van der Waals surface area (Å²) in [4.78, 5) is 4.30.